The normalized spacial score (nSPS) is 17.7. The lowest BCUT2D eigenvalue weighted by Crippen LogP contribution is -2.46. The molecule has 0 radical (unpaired) electrons. The second kappa shape index (κ2) is 6.71. The SMILES string of the molecule is CC1=C(C(=O)OC(C)C)C(c2c(O)ccc3ccccc23)NC(=O)N1C. The number of benzene rings is 2. The fourth-order valence-corrected chi connectivity index (χ4v) is 3.18. The molecule has 0 spiro atoms. The second-order valence-electron chi connectivity index (χ2n) is 6.61. The van der Waals surface area contributed by atoms with E-state index in [2.05, 4.69) is 5.32 Å². The maximum atomic E-state index is 12.8. The van der Waals surface area contributed by atoms with Gasteiger partial charge in [0.15, 0.2) is 0 Å². The van der Waals surface area contributed by atoms with Gasteiger partial charge in [-0.25, -0.2) is 9.59 Å². The zero-order valence-corrected chi connectivity index (χ0v) is 15.2. The number of urea groups is 1. The number of esters is 1. The lowest BCUT2D eigenvalue weighted by atomic mass is 9.90. The van der Waals surface area contributed by atoms with Crippen molar-refractivity contribution in [1.82, 2.24) is 10.2 Å². The summed E-state index contributed by atoms with van der Waals surface area (Å²) in [6.07, 6.45) is -0.299. The van der Waals surface area contributed by atoms with Crippen LogP contribution in [0.4, 0.5) is 4.79 Å². The van der Waals surface area contributed by atoms with Crippen LogP contribution in [0.1, 0.15) is 32.4 Å². The maximum Gasteiger partial charge on any atom is 0.338 e. The summed E-state index contributed by atoms with van der Waals surface area (Å²) in [5.74, 6) is -0.497. The summed E-state index contributed by atoms with van der Waals surface area (Å²) in [5.41, 5.74) is 1.30. The number of amides is 2. The fraction of sp³-hybridized carbons (Fsp3) is 0.300. The summed E-state index contributed by atoms with van der Waals surface area (Å²) < 4.78 is 5.39. The molecule has 1 aliphatic heterocycles. The highest BCUT2D eigenvalue weighted by molar-refractivity contribution is 5.98. The number of phenolic OH excluding ortho intramolecular Hbond substituents is 1. The van der Waals surface area contributed by atoms with Gasteiger partial charge < -0.3 is 20.1 Å². The first-order chi connectivity index (χ1) is 12.3. The van der Waals surface area contributed by atoms with Crippen molar-refractivity contribution < 1.29 is 19.4 Å². The Kier molecular flexibility index (Phi) is 4.59. The molecule has 2 amide bonds. The summed E-state index contributed by atoms with van der Waals surface area (Å²) in [5, 5.41) is 15.0. The van der Waals surface area contributed by atoms with Crippen LogP contribution in [0.3, 0.4) is 0 Å². The molecule has 1 unspecified atom stereocenters. The van der Waals surface area contributed by atoms with Crippen molar-refractivity contribution in [2.75, 3.05) is 7.05 Å². The van der Waals surface area contributed by atoms with Crippen LogP contribution in [0.2, 0.25) is 0 Å². The first-order valence-corrected chi connectivity index (χ1v) is 8.47. The van der Waals surface area contributed by atoms with E-state index in [1.165, 1.54) is 4.90 Å². The molecule has 136 valence electrons. The molecule has 0 aliphatic carbocycles. The number of allylic oxidation sites excluding steroid dienone is 1. The quantitative estimate of drug-likeness (QED) is 0.827. The van der Waals surface area contributed by atoms with E-state index in [1.807, 2.05) is 24.3 Å². The molecule has 0 bridgehead atoms. The van der Waals surface area contributed by atoms with Crippen LogP contribution in [0, 0.1) is 0 Å². The molecule has 0 fully saturated rings. The molecule has 2 N–H and O–H groups in total. The first kappa shape index (κ1) is 17.8. The number of ether oxygens (including phenoxy) is 1. The highest BCUT2D eigenvalue weighted by Crippen LogP contribution is 2.39. The average Bonchev–Trinajstić information content (AvgIpc) is 2.58. The third-order valence-electron chi connectivity index (χ3n) is 4.55. The molecule has 0 saturated heterocycles. The highest BCUT2D eigenvalue weighted by atomic mass is 16.5. The molecule has 3 rings (SSSR count). The van der Waals surface area contributed by atoms with Crippen LogP contribution in [-0.2, 0) is 9.53 Å². The van der Waals surface area contributed by atoms with Crippen molar-refractivity contribution >= 4 is 22.8 Å². The largest absolute Gasteiger partial charge is 0.508 e. The lowest BCUT2D eigenvalue weighted by molar-refractivity contribution is -0.143. The highest BCUT2D eigenvalue weighted by Gasteiger charge is 2.37. The molecule has 6 nitrogen and oxygen atoms in total. The predicted molar refractivity (Wildman–Crippen MR) is 98.6 cm³/mol. The smallest absolute Gasteiger partial charge is 0.338 e. The van der Waals surface area contributed by atoms with E-state index in [9.17, 15) is 14.7 Å². The van der Waals surface area contributed by atoms with Crippen LogP contribution in [0.15, 0.2) is 47.7 Å². The Morgan fingerprint density at radius 2 is 1.92 bits per heavy atom. The van der Waals surface area contributed by atoms with Gasteiger partial charge in [-0.3, -0.25) is 0 Å². The molecule has 2 aromatic rings. The van der Waals surface area contributed by atoms with E-state index in [4.69, 9.17) is 4.74 Å². The van der Waals surface area contributed by atoms with Crippen molar-refractivity contribution in [2.24, 2.45) is 0 Å². The molecule has 1 heterocycles. The topological polar surface area (TPSA) is 78.9 Å². The number of nitrogens with zero attached hydrogens (tertiary/aromatic N) is 1. The van der Waals surface area contributed by atoms with Crippen molar-refractivity contribution in [3.8, 4) is 5.75 Å². The van der Waals surface area contributed by atoms with Crippen LogP contribution >= 0.6 is 0 Å². The number of phenols is 1. The predicted octanol–water partition coefficient (Wildman–Crippen LogP) is 3.47. The Morgan fingerprint density at radius 1 is 1.23 bits per heavy atom. The third kappa shape index (κ3) is 2.98. The third-order valence-corrected chi connectivity index (χ3v) is 4.55. The van der Waals surface area contributed by atoms with Crippen molar-refractivity contribution in [3.63, 3.8) is 0 Å². The van der Waals surface area contributed by atoms with Crippen molar-refractivity contribution in [1.29, 1.82) is 0 Å². The minimum absolute atomic E-state index is 0.0150. The Labute approximate surface area is 152 Å². The van der Waals surface area contributed by atoms with Gasteiger partial charge in [0.25, 0.3) is 0 Å². The summed E-state index contributed by atoms with van der Waals surface area (Å²) in [6.45, 7) is 5.23. The zero-order chi connectivity index (χ0) is 19.0. The molecule has 0 aromatic heterocycles. The number of rotatable bonds is 3. The van der Waals surface area contributed by atoms with Crippen LogP contribution in [0.5, 0.6) is 5.75 Å². The van der Waals surface area contributed by atoms with Gasteiger partial charge in [-0.05, 0) is 37.6 Å². The Hall–Kier alpha value is -3.02. The minimum Gasteiger partial charge on any atom is -0.508 e. The molecule has 6 heteroatoms. The monoisotopic (exact) mass is 354 g/mol. The first-order valence-electron chi connectivity index (χ1n) is 8.47. The summed E-state index contributed by atoms with van der Waals surface area (Å²) in [4.78, 5) is 26.5. The van der Waals surface area contributed by atoms with Gasteiger partial charge in [0.2, 0.25) is 0 Å². The second-order valence-corrected chi connectivity index (χ2v) is 6.61. The van der Waals surface area contributed by atoms with Crippen molar-refractivity contribution in [3.05, 3.63) is 53.2 Å². The van der Waals surface area contributed by atoms with Crippen LogP contribution in [-0.4, -0.2) is 35.2 Å². The molecule has 26 heavy (non-hydrogen) atoms. The van der Waals surface area contributed by atoms with Gasteiger partial charge in [-0.1, -0.05) is 30.3 Å². The Balaban J connectivity index is 2.23. The Morgan fingerprint density at radius 3 is 2.62 bits per heavy atom. The molecule has 0 saturated carbocycles. The van der Waals surface area contributed by atoms with Crippen LogP contribution in [0.25, 0.3) is 10.8 Å². The van der Waals surface area contributed by atoms with Crippen molar-refractivity contribution in [2.45, 2.75) is 32.9 Å². The standard InChI is InChI=1S/C20H22N2O4/c1-11(2)26-19(24)16-12(3)22(4)20(25)21-18(16)17-14-8-6-5-7-13(14)9-10-15(17)23/h5-11,18,23H,1-4H3,(H,21,25). The van der Waals surface area contributed by atoms with Gasteiger partial charge in [-0.2, -0.15) is 0 Å². The van der Waals surface area contributed by atoms with E-state index in [0.29, 0.717) is 16.8 Å². The van der Waals surface area contributed by atoms with E-state index in [-0.39, 0.29) is 17.9 Å². The average molecular weight is 354 g/mol. The van der Waals surface area contributed by atoms with Gasteiger partial charge in [0, 0.05) is 18.3 Å². The fourth-order valence-electron chi connectivity index (χ4n) is 3.18. The number of carbonyl (C=O) groups excluding carboxylic acids is 2. The number of aromatic hydroxyl groups is 1. The zero-order valence-electron chi connectivity index (χ0n) is 15.2. The Bertz CT molecular complexity index is 917. The van der Waals surface area contributed by atoms with Gasteiger partial charge >= 0.3 is 12.0 Å². The molecule has 1 atom stereocenters. The summed E-state index contributed by atoms with van der Waals surface area (Å²) in [6, 6.07) is 9.75. The number of carbonyl (C=O) groups is 2. The number of nitrogens with one attached hydrogen (secondary N) is 1. The van der Waals surface area contributed by atoms with E-state index in [0.717, 1.165) is 10.8 Å². The van der Waals surface area contributed by atoms with Gasteiger partial charge in [0.1, 0.15) is 5.75 Å². The molecular weight excluding hydrogens is 332 g/mol. The molecule has 1 aliphatic rings. The van der Waals surface area contributed by atoms with E-state index < -0.39 is 12.0 Å². The summed E-state index contributed by atoms with van der Waals surface area (Å²) >= 11 is 0. The van der Waals surface area contributed by atoms with Gasteiger partial charge in [-0.15, -0.1) is 0 Å². The molecular formula is C20H22N2O4. The maximum absolute atomic E-state index is 12.8. The number of hydrogen-bond donors (Lipinski definition) is 2. The van der Waals surface area contributed by atoms with Crippen LogP contribution < -0.4 is 5.32 Å². The minimum atomic E-state index is -0.795. The van der Waals surface area contributed by atoms with E-state index in [1.54, 1.807) is 40.0 Å². The summed E-state index contributed by atoms with van der Waals surface area (Å²) in [7, 11) is 1.59. The van der Waals surface area contributed by atoms with E-state index >= 15 is 0 Å². The lowest BCUT2D eigenvalue weighted by Gasteiger charge is -2.34. The number of hydrogen-bond acceptors (Lipinski definition) is 4. The number of fused-ring (bicyclic) bond motifs is 1. The molecule has 2 aromatic carbocycles. The van der Waals surface area contributed by atoms with Gasteiger partial charge in [0.05, 0.1) is 17.7 Å².